The van der Waals surface area contributed by atoms with Crippen molar-refractivity contribution in [1.29, 1.82) is 0 Å². The van der Waals surface area contributed by atoms with E-state index in [1.54, 1.807) is 12.1 Å². The largest absolute Gasteiger partial charge is 0.476 e. The first-order valence-electron chi connectivity index (χ1n) is 7.03. The van der Waals surface area contributed by atoms with Crippen LogP contribution in [0.15, 0.2) is 12.1 Å². The van der Waals surface area contributed by atoms with Gasteiger partial charge in [0.15, 0.2) is 0 Å². The van der Waals surface area contributed by atoms with Gasteiger partial charge in [0.2, 0.25) is 11.8 Å². The lowest BCUT2D eigenvalue weighted by atomic mass is 10.3. The predicted octanol–water partition coefficient (Wildman–Crippen LogP) is 1.41. The number of aromatic nitrogens is 1. The highest BCUT2D eigenvalue weighted by Gasteiger charge is 2.13. The number of carbonyl (C=O) groups excluding carboxylic acids is 1. The van der Waals surface area contributed by atoms with Gasteiger partial charge < -0.3 is 20.7 Å². The first kappa shape index (κ1) is 16.1. The van der Waals surface area contributed by atoms with Crippen molar-refractivity contribution in [3.05, 3.63) is 12.1 Å². The van der Waals surface area contributed by atoms with Gasteiger partial charge in [0.25, 0.3) is 0 Å². The van der Waals surface area contributed by atoms with Crippen LogP contribution in [0.4, 0.5) is 11.5 Å². The maximum atomic E-state index is 11.7. The summed E-state index contributed by atoms with van der Waals surface area (Å²) in [4.78, 5) is 17.9. The highest BCUT2D eigenvalue weighted by molar-refractivity contribution is 5.81. The topological polar surface area (TPSA) is 80.5 Å². The lowest BCUT2D eigenvalue weighted by molar-refractivity contribution is -0.119. The zero-order valence-corrected chi connectivity index (χ0v) is 12.5. The van der Waals surface area contributed by atoms with Crippen LogP contribution in [-0.2, 0) is 4.79 Å². The molecule has 0 fully saturated rings. The normalized spacial score (nSPS) is 10.2. The summed E-state index contributed by atoms with van der Waals surface area (Å²) in [6.07, 6.45) is 0.891. The van der Waals surface area contributed by atoms with Crippen LogP contribution in [0.3, 0.4) is 0 Å². The lowest BCUT2D eigenvalue weighted by Gasteiger charge is -2.22. The van der Waals surface area contributed by atoms with Crippen LogP contribution < -0.4 is 20.7 Å². The Hall–Kier alpha value is -1.98. The fraction of sp³-hybridized carbons (Fsp3) is 0.571. The quantitative estimate of drug-likeness (QED) is 0.752. The van der Waals surface area contributed by atoms with Gasteiger partial charge in [-0.2, -0.15) is 4.98 Å². The minimum atomic E-state index is -0.0241. The minimum Gasteiger partial charge on any atom is -0.476 e. The summed E-state index contributed by atoms with van der Waals surface area (Å²) >= 11 is 0. The summed E-state index contributed by atoms with van der Waals surface area (Å²) in [5.41, 5.74) is 6.35. The monoisotopic (exact) mass is 280 g/mol. The zero-order valence-electron chi connectivity index (χ0n) is 12.5. The van der Waals surface area contributed by atoms with Gasteiger partial charge in [0.1, 0.15) is 5.82 Å². The Morgan fingerprint density at radius 3 is 2.75 bits per heavy atom. The fourth-order valence-electron chi connectivity index (χ4n) is 1.71. The van der Waals surface area contributed by atoms with Crippen molar-refractivity contribution in [2.45, 2.75) is 27.2 Å². The lowest BCUT2D eigenvalue weighted by Crippen LogP contribution is -2.37. The molecule has 0 atom stereocenters. The molecule has 1 aromatic rings. The zero-order chi connectivity index (χ0) is 15.0. The Morgan fingerprint density at radius 2 is 2.15 bits per heavy atom. The van der Waals surface area contributed by atoms with Crippen molar-refractivity contribution in [3.63, 3.8) is 0 Å². The average Bonchev–Trinajstić information content (AvgIpc) is 2.44. The van der Waals surface area contributed by atoms with Crippen LogP contribution in [0.5, 0.6) is 5.88 Å². The summed E-state index contributed by atoms with van der Waals surface area (Å²) < 4.78 is 5.51. The van der Waals surface area contributed by atoms with Crippen LogP contribution in [0.2, 0.25) is 0 Å². The van der Waals surface area contributed by atoms with Crippen molar-refractivity contribution in [2.24, 2.45) is 0 Å². The summed E-state index contributed by atoms with van der Waals surface area (Å²) in [6, 6.07) is 3.56. The Morgan fingerprint density at radius 1 is 1.40 bits per heavy atom. The van der Waals surface area contributed by atoms with Gasteiger partial charge in [-0.3, -0.25) is 4.79 Å². The Balaban J connectivity index is 2.83. The van der Waals surface area contributed by atoms with Crippen molar-refractivity contribution in [1.82, 2.24) is 10.3 Å². The van der Waals surface area contributed by atoms with Crippen LogP contribution in [0.1, 0.15) is 27.2 Å². The molecule has 20 heavy (non-hydrogen) atoms. The molecule has 0 aliphatic heterocycles. The van der Waals surface area contributed by atoms with Crippen molar-refractivity contribution >= 4 is 17.4 Å². The predicted molar refractivity (Wildman–Crippen MR) is 81.0 cm³/mol. The SMILES string of the molecule is CCCOc1nc(N(CC)CC(=O)NCC)ccc1N. The highest BCUT2D eigenvalue weighted by Crippen LogP contribution is 2.23. The Bertz CT molecular complexity index is 437. The number of nitrogens with one attached hydrogen (secondary N) is 1. The number of nitrogens with two attached hydrogens (primary N) is 1. The maximum Gasteiger partial charge on any atom is 0.239 e. The molecule has 0 saturated carbocycles. The van der Waals surface area contributed by atoms with Crippen LogP contribution in [0, 0.1) is 0 Å². The van der Waals surface area contributed by atoms with Crippen molar-refractivity contribution in [2.75, 3.05) is 36.9 Å². The Kier molecular flexibility index (Phi) is 6.63. The van der Waals surface area contributed by atoms with E-state index >= 15 is 0 Å². The molecule has 6 heteroatoms. The Labute approximate surface area is 120 Å². The molecule has 1 heterocycles. The molecule has 0 bridgehead atoms. The van der Waals surface area contributed by atoms with Gasteiger partial charge in [-0.25, -0.2) is 0 Å². The minimum absolute atomic E-state index is 0.0241. The van der Waals surface area contributed by atoms with Crippen LogP contribution in [-0.4, -0.2) is 37.1 Å². The third-order valence-electron chi connectivity index (χ3n) is 2.73. The molecule has 0 aromatic carbocycles. The van der Waals surface area contributed by atoms with Crippen molar-refractivity contribution in [3.8, 4) is 5.88 Å². The molecule has 112 valence electrons. The number of anilines is 2. The van der Waals surface area contributed by atoms with E-state index in [2.05, 4.69) is 10.3 Å². The van der Waals surface area contributed by atoms with Gasteiger partial charge in [-0.05, 0) is 32.4 Å². The molecule has 0 spiro atoms. The molecular weight excluding hydrogens is 256 g/mol. The highest BCUT2D eigenvalue weighted by atomic mass is 16.5. The van der Waals surface area contributed by atoms with E-state index in [1.807, 2.05) is 25.7 Å². The molecule has 0 radical (unpaired) electrons. The number of pyridine rings is 1. The molecule has 0 saturated heterocycles. The smallest absolute Gasteiger partial charge is 0.239 e. The van der Waals surface area contributed by atoms with E-state index in [1.165, 1.54) is 0 Å². The van der Waals surface area contributed by atoms with Gasteiger partial charge in [-0.15, -0.1) is 0 Å². The maximum absolute atomic E-state index is 11.7. The van der Waals surface area contributed by atoms with Gasteiger partial charge >= 0.3 is 0 Å². The van der Waals surface area contributed by atoms with E-state index in [-0.39, 0.29) is 12.5 Å². The average molecular weight is 280 g/mol. The van der Waals surface area contributed by atoms with Crippen molar-refractivity contribution < 1.29 is 9.53 Å². The van der Waals surface area contributed by atoms with Crippen LogP contribution in [0.25, 0.3) is 0 Å². The second-order valence-electron chi connectivity index (χ2n) is 4.38. The number of rotatable bonds is 8. The number of nitrogen functional groups attached to an aromatic ring is 1. The standard InChI is InChI=1S/C14H24N4O2/c1-4-9-20-14-11(15)7-8-12(17-14)18(6-3)10-13(19)16-5-2/h7-8H,4-6,9-10,15H2,1-3H3,(H,16,19). The molecule has 1 rings (SSSR count). The third kappa shape index (κ3) is 4.60. The molecule has 0 unspecified atom stereocenters. The summed E-state index contributed by atoms with van der Waals surface area (Å²) in [6.45, 7) is 8.04. The summed E-state index contributed by atoms with van der Waals surface area (Å²) in [5, 5.41) is 2.78. The van der Waals surface area contributed by atoms with Crippen LogP contribution >= 0.6 is 0 Å². The van der Waals surface area contributed by atoms with E-state index in [9.17, 15) is 4.79 Å². The number of nitrogens with zero attached hydrogens (tertiary/aromatic N) is 2. The molecule has 3 N–H and O–H groups in total. The molecule has 1 amide bonds. The van der Waals surface area contributed by atoms with E-state index in [0.29, 0.717) is 37.1 Å². The number of hydrogen-bond donors (Lipinski definition) is 2. The molecular formula is C14H24N4O2. The second-order valence-corrected chi connectivity index (χ2v) is 4.38. The number of likely N-dealkylation sites (N-methyl/N-ethyl adjacent to an activating group) is 2. The van der Waals surface area contributed by atoms with Gasteiger partial charge in [0, 0.05) is 13.1 Å². The summed E-state index contributed by atoms with van der Waals surface area (Å²) in [7, 11) is 0. The van der Waals surface area contributed by atoms with E-state index in [0.717, 1.165) is 6.42 Å². The van der Waals surface area contributed by atoms with Gasteiger partial charge in [-0.1, -0.05) is 6.92 Å². The third-order valence-corrected chi connectivity index (χ3v) is 2.73. The molecule has 1 aromatic heterocycles. The van der Waals surface area contributed by atoms with E-state index in [4.69, 9.17) is 10.5 Å². The fourth-order valence-corrected chi connectivity index (χ4v) is 1.71. The molecule has 6 nitrogen and oxygen atoms in total. The number of amides is 1. The number of carbonyl (C=O) groups is 1. The summed E-state index contributed by atoms with van der Waals surface area (Å²) in [5.74, 6) is 1.10. The molecule has 0 aliphatic rings. The van der Waals surface area contributed by atoms with E-state index < -0.39 is 0 Å². The second kappa shape index (κ2) is 8.24. The first-order chi connectivity index (χ1) is 9.62. The number of hydrogen-bond acceptors (Lipinski definition) is 5. The molecule has 0 aliphatic carbocycles. The van der Waals surface area contributed by atoms with Gasteiger partial charge in [0.05, 0.1) is 18.8 Å². The first-order valence-corrected chi connectivity index (χ1v) is 7.03. The number of ether oxygens (including phenoxy) is 1.